The Kier molecular flexibility index (Phi) is 6.19. The summed E-state index contributed by atoms with van der Waals surface area (Å²) in [5, 5.41) is 0. The Bertz CT molecular complexity index is 588. The van der Waals surface area contributed by atoms with Gasteiger partial charge in [0.15, 0.2) is 0 Å². The highest BCUT2D eigenvalue weighted by molar-refractivity contribution is 7.71. The highest BCUT2D eigenvalue weighted by Gasteiger charge is 2.19. The average molecular weight is 322 g/mol. The van der Waals surface area contributed by atoms with Crippen LogP contribution in [-0.2, 0) is 32.4 Å². The van der Waals surface area contributed by atoms with Crippen LogP contribution in [0.2, 0.25) is 0 Å². The van der Waals surface area contributed by atoms with E-state index in [1.165, 1.54) is 6.42 Å². The van der Waals surface area contributed by atoms with E-state index in [1.807, 2.05) is 12.1 Å². The van der Waals surface area contributed by atoms with Crippen molar-refractivity contribution < 1.29 is 17.9 Å². The van der Waals surface area contributed by atoms with E-state index in [1.54, 1.807) is 12.1 Å². The first kappa shape index (κ1) is 16.7. The van der Waals surface area contributed by atoms with Crippen LogP contribution in [-0.4, -0.2) is 20.5 Å². The van der Waals surface area contributed by atoms with Crippen molar-refractivity contribution in [3.05, 3.63) is 47.5 Å². The SMILES string of the molecule is C=C(Cc1ccc(C[SH](=O)=O)cc1)C(=O)OC1CCCCC1. The Balaban J connectivity index is 1.86. The van der Waals surface area contributed by atoms with Crippen LogP contribution in [0.3, 0.4) is 0 Å². The van der Waals surface area contributed by atoms with E-state index in [2.05, 4.69) is 6.58 Å². The van der Waals surface area contributed by atoms with Gasteiger partial charge in [-0.1, -0.05) is 37.3 Å². The fourth-order valence-electron chi connectivity index (χ4n) is 2.65. The van der Waals surface area contributed by atoms with Gasteiger partial charge < -0.3 is 4.74 Å². The van der Waals surface area contributed by atoms with Gasteiger partial charge in [-0.2, -0.15) is 0 Å². The fourth-order valence-corrected chi connectivity index (χ4v) is 3.16. The number of carbonyl (C=O) groups is 1. The molecule has 1 aromatic rings. The van der Waals surface area contributed by atoms with Crippen LogP contribution >= 0.6 is 0 Å². The number of thiol groups is 1. The van der Waals surface area contributed by atoms with Crippen molar-refractivity contribution in [3.8, 4) is 0 Å². The normalized spacial score (nSPS) is 15.7. The molecule has 1 aromatic carbocycles. The van der Waals surface area contributed by atoms with Gasteiger partial charge in [-0.3, -0.25) is 0 Å². The number of benzene rings is 1. The van der Waals surface area contributed by atoms with Gasteiger partial charge in [0.1, 0.15) is 16.8 Å². The average Bonchev–Trinajstić information content (AvgIpc) is 2.49. The molecule has 0 spiro atoms. The molecule has 4 nitrogen and oxygen atoms in total. The highest BCUT2D eigenvalue weighted by Crippen LogP contribution is 2.21. The van der Waals surface area contributed by atoms with Crippen LogP contribution in [0.25, 0.3) is 0 Å². The standard InChI is InChI=1S/C17H22O4S/c1-13(17(18)21-16-5-3-2-4-6-16)11-14-7-9-15(10-8-14)12-22(19)20/h7-10,16,22H,1-6,11-12H2. The second-order valence-electron chi connectivity index (χ2n) is 5.75. The van der Waals surface area contributed by atoms with Crippen molar-refractivity contribution in [2.24, 2.45) is 0 Å². The van der Waals surface area contributed by atoms with E-state index < -0.39 is 10.7 Å². The number of rotatable bonds is 6. The maximum Gasteiger partial charge on any atom is 0.334 e. The molecule has 2 rings (SSSR count). The summed E-state index contributed by atoms with van der Waals surface area (Å²) in [7, 11) is -2.42. The number of hydrogen-bond donors (Lipinski definition) is 1. The van der Waals surface area contributed by atoms with Gasteiger partial charge in [0.2, 0.25) is 0 Å². The van der Waals surface area contributed by atoms with E-state index in [-0.39, 0.29) is 17.8 Å². The molecule has 0 aliphatic heterocycles. The molecule has 1 saturated carbocycles. The molecule has 1 aliphatic carbocycles. The summed E-state index contributed by atoms with van der Waals surface area (Å²) in [4.78, 5) is 12.0. The number of ether oxygens (including phenoxy) is 1. The molecule has 1 fully saturated rings. The van der Waals surface area contributed by atoms with Gasteiger partial charge in [0, 0.05) is 12.0 Å². The number of esters is 1. The molecule has 5 heteroatoms. The molecule has 0 bridgehead atoms. The van der Waals surface area contributed by atoms with E-state index in [0.717, 1.165) is 36.8 Å². The summed E-state index contributed by atoms with van der Waals surface area (Å²) in [6, 6.07) is 7.18. The molecule has 0 amide bonds. The Labute approximate surface area is 133 Å². The first-order chi connectivity index (χ1) is 10.5. The third kappa shape index (κ3) is 5.30. The zero-order valence-electron chi connectivity index (χ0n) is 12.6. The van der Waals surface area contributed by atoms with Crippen LogP contribution in [0.1, 0.15) is 43.2 Å². The van der Waals surface area contributed by atoms with E-state index in [0.29, 0.717) is 12.0 Å². The number of carbonyl (C=O) groups excluding carboxylic acids is 1. The maximum atomic E-state index is 12.0. The van der Waals surface area contributed by atoms with Crippen molar-refractivity contribution in [1.82, 2.24) is 0 Å². The summed E-state index contributed by atoms with van der Waals surface area (Å²) < 4.78 is 26.8. The summed E-state index contributed by atoms with van der Waals surface area (Å²) in [6.45, 7) is 3.81. The first-order valence-electron chi connectivity index (χ1n) is 7.63. The minimum absolute atomic E-state index is 0.0359. The Morgan fingerprint density at radius 1 is 1.09 bits per heavy atom. The van der Waals surface area contributed by atoms with E-state index >= 15 is 0 Å². The smallest absolute Gasteiger partial charge is 0.334 e. The highest BCUT2D eigenvalue weighted by atomic mass is 32.2. The molecule has 22 heavy (non-hydrogen) atoms. The lowest BCUT2D eigenvalue weighted by Crippen LogP contribution is -2.22. The molecule has 0 radical (unpaired) electrons. The molecular formula is C17H22O4S. The van der Waals surface area contributed by atoms with Crippen LogP contribution in [0.4, 0.5) is 0 Å². The molecule has 1 aliphatic rings. The van der Waals surface area contributed by atoms with Crippen LogP contribution < -0.4 is 0 Å². The lowest BCUT2D eigenvalue weighted by molar-refractivity contribution is -0.145. The van der Waals surface area contributed by atoms with Gasteiger partial charge in [-0.15, -0.1) is 0 Å². The zero-order valence-corrected chi connectivity index (χ0v) is 13.5. The van der Waals surface area contributed by atoms with Crippen molar-refractivity contribution in [2.45, 2.75) is 50.4 Å². The third-order valence-corrected chi connectivity index (χ3v) is 4.49. The molecule has 0 N–H and O–H groups in total. The largest absolute Gasteiger partial charge is 0.459 e. The topological polar surface area (TPSA) is 60.4 Å². The number of hydrogen-bond acceptors (Lipinski definition) is 4. The fraction of sp³-hybridized carbons (Fsp3) is 0.471. The van der Waals surface area contributed by atoms with Crippen LogP contribution in [0, 0.1) is 0 Å². The van der Waals surface area contributed by atoms with Crippen molar-refractivity contribution in [2.75, 3.05) is 0 Å². The van der Waals surface area contributed by atoms with Gasteiger partial charge in [-0.25, -0.2) is 13.2 Å². The van der Waals surface area contributed by atoms with Crippen LogP contribution in [0.5, 0.6) is 0 Å². The van der Waals surface area contributed by atoms with Crippen molar-refractivity contribution >= 4 is 16.7 Å². The molecule has 0 atom stereocenters. The minimum Gasteiger partial charge on any atom is -0.459 e. The van der Waals surface area contributed by atoms with Gasteiger partial charge in [-0.05, 0) is 36.8 Å². The van der Waals surface area contributed by atoms with Gasteiger partial charge in [0.25, 0.3) is 0 Å². The minimum atomic E-state index is -2.42. The second kappa shape index (κ2) is 8.13. The van der Waals surface area contributed by atoms with E-state index in [9.17, 15) is 13.2 Å². The van der Waals surface area contributed by atoms with Crippen molar-refractivity contribution in [1.29, 1.82) is 0 Å². The monoisotopic (exact) mass is 322 g/mol. The first-order valence-corrected chi connectivity index (χ1v) is 8.99. The molecule has 0 aromatic heterocycles. The maximum absolute atomic E-state index is 12.0. The third-order valence-electron chi connectivity index (χ3n) is 3.87. The summed E-state index contributed by atoms with van der Waals surface area (Å²) in [5.41, 5.74) is 2.11. The Morgan fingerprint density at radius 2 is 1.68 bits per heavy atom. The lowest BCUT2D eigenvalue weighted by atomic mass is 9.97. The van der Waals surface area contributed by atoms with Crippen molar-refractivity contribution in [3.63, 3.8) is 0 Å². The van der Waals surface area contributed by atoms with Gasteiger partial charge in [0.05, 0.1) is 5.75 Å². The van der Waals surface area contributed by atoms with Crippen LogP contribution in [0.15, 0.2) is 36.4 Å². The predicted molar refractivity (Wildman–Crippen MR) is 86.3 cm³/mol. The summed E-state index contributed by atoms with van der Waals surface area (Å²) >= 11 is 0. The quantitative estimate of drug-likeness (QED) is 0.497. The van der Waals surface area contributed by atoms with E-state index in [4.69, 9.17) is 4.74 Å². The Hall–Kier alpha value is -1.62. The second-order valence-corrected chi connectivity index (χ2v) is 6.73. The Morgan fingerprint density at radius 3 is 2.27 bits per heavy atom. The summed E-state index contributed by atoms with van der Waals surface area (Å²) in [6.07, 6.45) is 5.81. The zero-order chi connectivity index (χ0) is 15.9. The molecule has 0 unspecified atom stereocenters. The molecular weight excluding hydrogens is 300 g/mol. The summed E-state index contributed by atoms with van der Waals surface area (Å²) in [5.74, 6) is -0.279. The molecule has 0 saturated heterocycles. The lowest BCUT2D eigenvalue weighted by Gasteiger charge is -2.22. The molecule has 0 heterocycles. The van der Waals surface area contributed by atoms with Gasteiger partial charge >= 0.3 is 5.97 Å². The molecule has 120 valence electrons. The predicted octanol–water partition coefficient (Wildman–Crippen LogP) is 2.77.